The van der Waals surface area contributed by atoms with Gasteiger partial charge in [0.05, 0.1) is 29.4 Å². The van der Waals surface area contributed by atoms with Gasteiger partial charge in [-0.3, -0.25) is 24.0 Å². The SMILES string of the molecule is CCCCCC(=O)N(C)C.CN(C)C(=O)CCC/C=C/c1cccc(C(=O)O)c1.CN(C)C(=O)CCC/C=C\c1cccc(C(=O)O)c1.CN(C)C(=O)CCC/C=C\c1cccc(C(=O)O)c1.COC(=O)c1cccc(C=O)c1.I[I-]I.[Br-]. The Hall–Kier alpha value is -5.80. The fourth-order valence-corrected chi connectivity index (χ4v) is 6.38. The number of carboxylic acid groups (broad SMARTS) is 3. The molecule has 0 bridgehead atoms. The number of methoxy groups -OCH3 is 1. The van der Waals surface area contributed by atoms with E-state index in [4.69, 9.17) is 15.3 Å². The zero-order chi connectivity index (χ0) is 62.4. The number of halogens is 4. The van der Waals surface area contributed by atoms with Crippen LogP contribution in [0.1, 0.15) is 159 Å². The average Bonchev–Trinajstić information content (AvgIpc) is 3.49. The fourth-order valence-electron chi connectivity index (χ4n) is 6.38. The van der Waals surface area contributed by atoms with Crippen LogP contribution < -0.4 is 30.2 Å². The number of benzene rings is 4. The van der Waals surface area contributed by atoms with Crippen LogP contribution in [0.25, 0.3) is 18.2 Å². The summed E-state index contributed by atoms with van der Waals surface area (Å²) in [5.74, 6) is -2.58. The van der Waals surface area contributed by atoms with Crippen LogP contribution in [0.4, 0.5) is 0 Å². The molecule has 0 radical (unpaired) electrons. The molecule has 21 heteroatoms. The second-order valence-electron chi connectivity index (χ2n) is 18.6. The van der Waals surface area contributed by atoms with Gasteiger partial charge in [0.2, 0.25) is 23.6 Å². The molecule has 4 amide bonds. The molecule has 0 aliphatic heterocycles. The maximum Gasteiger partial charge on any atom is -1.00 e. The Morgan fingerprint density at radius 2 is 0.723 bits per heavy atom. The summed E-state index contributed by atoms with van der Waals surface area (Å²) in [5, 5.41) is 26.6. The number of nitrogens with zero attached hydrogens (tertiary/aromatic N) is 4. The zero-order valence-corrected chi connectivity index (χ0v) is 57.3. The van der Waals surface area contributed by atoms with Gasteiger partial charge in [-0.2, -0.15) is 0 Å². The van der Waals surface area contributed by atoms with E-state index in [0.29, 0.717) is 56.4 Å². The van der Waals surface area contributed by atoms with Crippen LogP contribution >= 0.6 is 37.2 Å². The van der Waals surface area contributed by atoms with Crippen LogP contribution in [-0.4, -0.2) is 152 Å². The van der Waals surface area contributed by atoms with E-state index in [0.717, 1.165) is 61.6 Å². The van der Waals surface area contributed by atoms with Gasteiger partial charge in [0.25, 0.3) is 0 Å². The molecule has 0 aliphatic carbocycles. The molecule has 0 saturated carbocycles. The number of ether oxygens (including phenoxy) is 1. The van der Waals surface area contributed by atoms with E-state index >= 15 is 0 Å². The van der Waals surface area contributed by atoms with Crippen molar-refractivity contribution in [3.63, 3.8) is 0 Å². The third-order valence-electron chi connectivity index (χ3n) is 11.0. The summed E-state index contributed by atoms with van der Waals surface area (Å²) in [6.07, 6.45) is 22.7. The molecule has 0 unspecified atom stereocenters. The number of aldehydes is 1. The minimum Gasteiger partial charge on any atom is -1.00 e. The summed E-state index contributed by atoms with van der Waals surface area (Å²) < 4.78 is 4.48. The normalized spacial score (nSPS) is 10.0. The molecule has 458 valence electrons. The Morgan fingerprint density at radius 1 is 0.458 bits per heavy atom. The van der Waals surface area contributed by atoms with Gasteiger partial charge in [-0.05, 0) is 110 Å². The summed E-state index contributed by atoms with van der Waals surface area (Å²) in [6.45, 7) is 2.14. The number of hydrogen-bond acceptors (Lipinski definition) is 10. The van der Waals surface area contributed by atoms with E-state index in [9.17, 15) is 43.2 Å². The molecule has 4 rings (SSSR count). The topological polar surface area (TPSA) is 237 Å². The van der Waals surface area contributed by atoms with Gasteiger partial charge in [-0.25, -0.2) is 19.2 Å². The number of aromatic carboxylic acids is 3. The Labute approximate surface area is 531 Å². The molecule has 4 aromatic carbocycles. The van der Waals surface area contributed by atoms with E-state index < -0.39 is 23.9 Å². The number of carbonyl (C=O) groups excluding carboxylic acids is 6. The molecule has 0 spiro atoms. The van der Waals surface area contributed by atoms with Crippen LogP contribution in [-0.2, 0) is 23.9 Å². The molecule has 0 fully saturated rings. The molecule has 4 aromatic rings. The first-order chi connectivity index (χ1) is 38.9. The third-order valence-corrected chi connectivity index (χ3v) is 11.0. The van der Waals surface area contributed by atoms with E-state index in [1.807, 2.05) is 54.7 Å². The number of allylic oxidation sites excluding steroid dienone is 3. The minimum absolute atomic E-state index is 0. The van der Waals surface area contributed by atoms with Crippen LogP contribution in [0.2, 0.25) is 0 Å². The first-order valence-corrected chi connectivity index (χ1v) is 38.8. The monoisotopic (exact) mass is 1550 g/mol. The predicted octanol–water partition coefficient (Wildman–Crippen LogP) is 6.69. The summed E-state index contributed by atoms with van der Waals surface area (Å²) in [4.78, 5) is 105. The number of amides is 4. The number of hydrogen-bond donors (Lipinski definition) is 3. The third kappa shape index (κ3) is 42.6. The van der Waals surface area contributed by atoms with Crippen molar-refractivity contribution in [3.05, 3.63) is 160 Å². The number of carbonyl (C=O) groups is 9. The summed E-state index contributed by atoms with van der Waals surface area (Å²) in [7, 11) is 15.4. The van der Waals surface area contributed by atoms with Crippen molar-refractivity contribution in [2.24, 2.45) is 0 Å². The van der Waals surface area contributed by atoms with Crippen LogP contribution in [0.15, 0.2) is 115 Å². The van der Waals surface area contributed by atoms with Crippen molar-refractivity contribution in [3.8, 4) is 0 Å². The van der Waals surface area contributed by atoms with Crippen molar-refractivity contribution >= 4 is 109 Å². The van der Waals surface area contributed by atoms with E-state index in [1.165, 1.54) is 26.0 Å². The number of carboxylic acids is 3. The van der Waals surface area contributed by atoms with Gasteiger partial charge >= 0.3 is 74.4 Å². The van der Waals surface area contributed by atoms with Gasteiger partial charge in [0, 0.05) is 87.6 Å². The van der Waals surface area contributed by atoms with Crippen molar-refractivity contribution < 1.29 is 93.4 Å². The molecule has 3 N–H and O–H groups in total. The number of esters is 1. The molecule has 0 aromatic heterocycles. The molecule has 0 saturated heterocycles. The number of unbranched alkanes of at least 4 members (excludes halogenated alkanes) is 5. The van der Waals surface area contributed by atoms with Gasteiger partial charge in [0.15, 0.2) is 0 Å². The summed E-state index contributed by atoms with van der Waals surface area (Å²) in [5.41, 5.74) is 4.29. The fraction of sp³-hybridized carbons (Fsp3) is 0.371. The number of rotatable bonds is 24. The Bertz CT molecular complexity index is 2460. The van der Waals surface area contributed by atoms with Crippen molar-refractivity contribution in [2.75, 3.05) is 63.5 Å². The van der Waals surface area contributed by atoms with Crippen LogP contribution in [0, 0.1) is 0 Å². The summed E-state index contributed by atoms with van der Waals surface area (Å²) >= 11 is 5.30. The van der Waals surface area contributed by atoms with Gasteiger partial charge in [-0.1, -0.05) is 105 Å². The average molecular weight is 1550 g/mol. The maximum atomic E-state index is 11.3. The summed E-state index contributed by atoms with van der Waals surface area (Å²) in [6, 6.07) is 26.6. The first kappa shape index (κ1) is 81.4. The predicted molar refractivity (Wildman–Crippen MR) is 339 cm³/mol. The molecule has 0 heterocycles. The van der Waals surface area contributed by atoms with Crippen LogP contribution in [0.3, 0.4) is 0 Å². The Balaban J connectivity index is -0.000000966. The molecule has 17 nitrogen and oxygen atoms in total. The van der Waals surface area contributed by atoms with Crippen LogP contribution in [0.5, 0.6) is 0 Å². The minimum atomic E-state index is -0.924. The largest absolute Gasteiger partial charge is 1.00 e. The second kappa shape index (κ2) is 50.7. The van der Waals surface area contributed by atoms with E-state index in [2.05, 4.69) is 48.9 Å². The molecular formula is C62H82BrI3N4O13-2. The first-order valence-electron chi connectivity index (χ1n) is 26.2. The smallest absolute Gasteiger partial charge is 1.00 e. The van der Waals surface area contributed by atoms with Crippen molar-refractivity contribution in [1.29, 1.82) is 0 Å². The second-order valence-corrected chi connectivity index (χ2v) is 34.8. The molecule has 0 aliphatic rings. The van der Waals surface area contributed by atoms with Gasteiger partial charge in [-0.15, -0.1) is 0 Å². The van der Waals surface area contributed by atoms with Crippen molar-refractivity contribution in [2.45, 2.75) is 90.4 Å². The van der Waals surface area contributed by atoms with Gasteiger partial charge in [0.1, 0.15) is 6.29 Å². The van der Waals surface area contributed by atoms with Crippen molar-refractivity contribution in [1.82, 2.24) is 19.6 Å². The Kier molecular flexibility index (Phi) is 49.7. The zero-order valence-electron chi connectivity index (χ0n) is 49.2. The molecular weight excluding hydrogens is 1470 g/mol. The molecule has 83 heavy (non-hydrogen) atoms. The Morgan fingerprint density at radius 3 is 0.976 bits per heavy atom. The standard InChI is InChI=1S/3C15H19NO3.C9H8O3.C8H17NO.BrH.I3/c3*1-16(2)14(17)10-5-3-4-7-12-8-6-9-13(11-12)15(18)19;1-12-9(11)8-4-2-3-7(5-8)6-10;1-4-5-6-7-8(10)9(2)3;;1-3-2/h3*4,6-9,11H,3,5,10H2,1-2H3,(H,18,19);2-6H,1H3;4-7H2,1-3H3;1H;/q;;;;;;-1/p-1/b7-4+;2*7-4-;;;;. The maximum absolute atomic E-state index is 11.3. The quantitative estimate of drug-likeness (QED) is 0.0287. The molecule has 0 atom stereocenters. The van der Waals surface area contributed by atoms with E-state index in [-0.39, 0.29) is 57.3 Å². The van der Waals surface area contributed by atoms with E-state index in [1.54, 1.807) is 149 Å². The van der Waals surface area contributed by atoms with Gasteiger partial charge < -0.3 is 56.6 Å².